The second-order valence-electron chi connectivity index (χ2n) is 7.37. The van der Waals surface area contributed by atoms with Gasteiger partial charge in [0.15, 0.2) is 0 Å². The maximum absolute atomic E-state index is 12.8. The first kappa shape index (κ1) is 24.1. The van der Waals surface area contributed by atoms with E-state index in [9.17, 15) is 26.4 Å². The molecule has 0 radical (unpaired) electrons. The van der Waals surface area contributed by atoms with E-state index in [2.05, 4.69) is 10.1 Å². The van der Waals surface area contributed by atoms with E-state index in [4.69, 9.17) is 16.3 Å². The van der Waals surface area contributed by atoms with Crippen molar-refractivity contribution in [2.24, 2.45) is 0 Å². The number of piperidine rings is 1. The number of hydrogen-bond donors (Lipinski definition) is 1. The van der Waals surface area contributed by atoms with Crippen LogP contribution < -0.4 is 10.1 Å². The Morgan fingerprint density at radius 3 is 2.25 bits per heavy atom. The van der Waals surface area contributed by atoms with E-state index in [1.54, 1.807) is 19.1 Å². The summed E-state index contributed by atoms with van der Waals surface area (Å²) in [6.45, 7) is 1.94. The molecule has 0 unspecified atom stereocenters. The second-order valence-corrected chi connectivity index (χ2v) is 9.68. The van der Waals surface area contributed by atoms with Crippen LogP contribution in [0.4, 0.5) is 23.7 Å². The van der Waals surface area contributed by atoms with Crippen molar-refractivity contribution in [2.75, 3.05) is 18.4 Å². The first-order valence-electron chi connectivity index (χ1n) is 9.48. The van der Waals surface area contributed by atoms with Crippen molar-refractivity contribution in [3.8, 4) is 5.75 Å². The first-order chi connectivity index (χ1) is 14.9. The van der Waals surface area contributed by atoms with Gasteiger partial charge in [0.2, 0.25) is 10.0 Å². The quantitative estimate of drug-likeness (QED) is 0.632. The number of carbonyl (C=O) groups is 1. The Bertz CT molecular complexity index is 1070. The van der Waals surface area contributed by atoms with E-state index < -0.39 is 33.8 Å². The van der Waals surface area contributed by atoms with E-state index >= 15 is 0 Å². The van der Waals surface area contributed by atoms with E-state index in [0.717, 1.165) is 12.1 Å². The average molecular weight is 493 g/mol. The van der Waals surface area contributed by atoms with Crippen LogP contribution in [0.3, 0.4) is 0 Å². The van der Waals surface area contributed by atoms with E-state index in [1.165, 1.54) is 28.6 Å². The highest BCUT2D eigenvalue weighted by Crippen LogP contribution is 2.32. The highest BCUT2D eigenvalue weighted by atomic mass is 35.5. The molecule has 0 spiro atoms. The number of sulfonamides is 1. The third-order valence-corrected chi connectivity index (χ3v) is 7.31. The lowest BCUT2D eigenvalue weighted by Gasteiger charge is -2.38. The maximum atomic E-state index is 12.8. The number of benzene rings is 2. The molecule has 0 aliphatic carbocycles. The molecule has 32 heavy (non-hydrogen) atoms. The number of ether oxygens (including phenoxy) is 2. The summed E-state index contributed by atoms with van der Waals surface area (Å²) in [6.07, 6.45) is -5.11. The lowest BCUT2D eigenvalue weighted by atomic mass is 9.95. The van der Waals surface area contributed by atoms with Gasteiger partial charge in [-0.15, -0.1) is 13.2 Å². The molecule has 1 aliphatic heterocycles. The molecule has 12 heteroatoms. The van der Waals surface area contributed by atoms with Gasteiger partial charge in [0.25, 0.3) is 0 Å². The summed E-state index contributed by atoms with van der Waals surface area (Å²) >= 11 is 6.02. The molecule has 0 atom stereocenters. The van der Waals surface area contributed by atoms with Crippen molar-refractivity contribution < 1.29 is 35.9 Å². The van der Waals surface area contributed by atoms with Gasteiger partial charge in [-0.25, -0.2) is 13.2 Å². The maximum Gasteiger partial charge on any atom is 0.573 e. The highest BCUT2D eigenvalue weighted by Gasteiger charge is 2.38. The number of halogens is 4. The minimum Gasteiger partial charge on any atom is -0.443 e. The van der Waals surface area contributed by atoms with E-state index in [-0.39, 0.29) is 41.5 Å². The van der Waals surface area contributed by atoms with Crippen LogP contribution in [-0.4, -0.2) is 43.9 Å². The zero-order valence-electron chi connectivity index (χ0n) is 16.9. The van der Waals surface area contributed by atoms with Gasteiger partial charge in [-0.05, 0) is 43.3 Å². The zero-order valence-corrected chi connectivity index (χ0v) is 18.4. The van der Waals surface area contributed by atoms with Crippen molar-refractivity contribution in [3.05, 3.63) is 53.6 Å². The molecule has 1 fully saturated rings. The fourth-order valence-corrected chi connectivity index (χ4v) is 5.14. The predicted molar refractivity (Wildman–Crippen MR) is 111 cm³/mol. The third kappa shape index (κ3) is 6.05. The molecule has 1 amide bonds. The molecule has 2 aromatic carbocycles. The number of rotatable bonds is 5. The Morgan fingerprint density at radius 1 is 1.09 bits per heavy atom. The Morgan fingerprint density at radius 2 is 1.69 bits per heavy atom. The lowest BCUT2D eigenvalue weighted by Crippen LogP contribution is -2.47. The number of amides is 1. The highest BCUT2D eigenvalue weighted by molar-refractivity contribution is 7.89. The number of hydrogen-bond acceptors (Lipinski definition) is 5. The van der Waals surface area contributed by atoms with Crippen molar-refractivity contribution >= 4 is 33.4 Å². The van der Waals surface area contributed by atoms with Crippen molar-refractivity contribution in [1.29, 1.82) is 0 Å². The van der Waals surface area contributed by atoms with Crippen LogP contribution in [-0.2, 0) is 14.8 Å². The average Bonchev–Trinajstić information content (AvgIpc) is 2.68. The lowest BCUT2D eigenvalue weighted by molar-refractivity contribution is -0.274. The Balaban J connectivity index is 1.56. The fourth-order valence-electron chi connectivity index (χ4n) is 3.20. The summed E-state index contributed by atoms with van der Waals surface area (Å²) in [4.78, 5) is 12.3. The van der Waals surface area contributed by atoms with Gasteiger partial charge in [0.05, 0.1) is 5.02 Å². The van der Waals surface area contributed by atoms with Gasteiger partial charge in [-0.3, -0.25) is 5.32 Å². The van der Waals surface area contributed by atoms with Crippen LogP contribution in [0.15, 0.2) is 53.4 Å². The Kier molecular flexibility index (Phi) is 6.91. The van der Waals surface area contributed by atoms with Crippen LogP contribution in [0.1, 0.15) is 19.8 Å². The normalized spacial score (nSPS) is 16.9. The Hall–Kier alpha value is -2.50. The summed E-state index contributed by atoms with van der Waals surface area (Å²) in [5.74, 6) is -0.421. The van der Waals surface area contributed by atoms with Gasteiger partial charge in [-0.2, -0.15) is 4.31 Å². The molecule has 1 heterocycles. The number of carbonyl (C=O) groups excluding carboxylic acids is 1. The molecule has 1 N–H and O–H groups in total. The number of nitrogens with one attached hydrogen (secondary N) is 1. The molecule has 0 saturated carbocycles. The van der Waals surface area contributed by atoms with E-state index in [0.29, 0.717) is 0 Å². The van der Waals surface area contributed by atoms with Crippen LogP contribution in [0.2, 0.25) is 5.02 Å². The Labute approximate surface area is 188 Å². The summed E-state index contributed by atoms with van der Waals surface area (Å²) in [5.41, 5.74) is -0.706. The predicted octanol–water partition coefficient (Wildman–Crippen LogP) is 5.03. The van der Waals surface area contributed by atoms with Crippen molar-refractivity contribution in [1.82, 2.24) is 4.31 Å². The van der Waals surface area contributed by atoms with Gasteiger partial charge < -0.3 is 9.47 Å². The third-order valence-electron chi connectivity index (χ3n) is 4.91. The van der Waals surface area contributed by atoms with Crippen LogP contribution >= 0.6 is 11.6 Å². The van der Waals surface area contributed by atoms with Crippen LogP contribution in [0, 0.1) is 0 Å². The molecular formula is C20H20ClF3N2O5S. The summed E-state index contributed by atoms with van der Waals surface area (Å²) in [7, 11) is -3.78. The van der Waals surface area contributed by atoms with Gasteiger partial charge in [-0.1, -0.05) is 23.7 Å². The second kappa shape index (κ2) is 9.16. The molecule has 1 aliphatic rings. The van der Waals surface area contributed by atoms with Crippen LogP contribution in [0.5, 0.6) is 5.75 Å². The largest absolute Gasteiger partial charge is 0.573 e. The van der Waals surface area contributed by atoms with E-state index in [1.807, 2.05) is 0 Å². The first-order valence-corrected chi connectivity index (χ1v) is 11.3. The zero-order chi connectivity index (χ0) is 23.6. The standard InChI is InChI=1S/C20H20ClF3N2O5S/c1-19(31-18(27)25-14-6-8-15(9-7-14)30-20(22,23)24)10-12-26(13-11-19)32(28,29)17-5-3-2-4-16(17)21/h2-9H,10-13H2,1H3,(H,25,27). The van der Waals surface area contributed by atoms with Gasteiger partial charge in [0, 0.05) is 31.6 Å². The van der Waals surface area contributed by atoms with Crippen molar-refractivity contribution in [3.63, 3.8) is 0 Å². The van der Waals surface area contributed by atoms with Gasteiger partial charge >= 0.3 is 12.5 Å². The minimum absolute atomic E-state index is 0.0156. The molecule has 0 aromatic heterocycles. The SMILES string of the molecule is CC1(OC(=O)Nc2ccc(OC(F)(F)F)cc2)CCN(S(=O)(=O)c2ccccc2Cl)CC1. The van der Waals surface area contributed by atoms with Crippen LogP contribution in [0.25, 0.3) is 0 Å². The number of nitrogens with zero attached hydrogens (tertiary/aromatic N) is 1. The molecular weight excluding hydrogens is 473 g/mol. The molecule has 0 bridgehead atoms. The minimum atomic E-state index is -4.81. The molecule has 174 valence electrons. The number of anilines is 1. The molecule has 3 rings (SSSR count). The van der Waals surface area contributed by atoms with Gasteiger partial charge in [0.1, 0.15) is 16.2 Å². The molecule has 7 nitrogen and oxygen atoms in total. The molecule has 2 aromatic rings. The summed E-state index contributed by atoms with van der Waals surface area (Å²) < 4.78 is 72.8. The topological polar surface area (TPSA) is 84.9 Å². The summed E-state index contributed by atoms with van der Waals surface area (Å²) in [6, 6.07) is 10.7. The van der Waals surface area contributed by atoms with Crippen molar-refractivity contribution in [2.45, 2.75) is 36.6 Å². The number of alkyl halides is 3. The smallest absolute Gasteiger partial charge is 0.443 e. The molecule has 1 saturated heterocycles. The summed E-state index contributed by atoms with van der Waals surface area (Å²) in [5, 5.41) is 2.56. The monoisotopic (exact) mass is 492 g/mol. The fraction of sp³-hybridized carbons (Fsp3) is 0.350.